The number of nitrogens with zero attached hydrogens (tertiary/aromatic N) is 1. The maximum Gasteiger partial charge on any atom is 0.332 e. The van der Waals surface area contributed by atoms with E-state index in [2.05, 4.69) is 0 Å². The molecule has 1 fully saturated rings. The Balaban J connectivity index is 1.88. The number of aryl methyl sites for hydroxylation is 2. The third-order valence-electron chi connectivity index (χ3n) is 5.05. The van der Waals surface area contributed by atoms with Crippen molar-refractivity contribution in [2.75, 3.05) is 33.9 Å². The van der Waals surface area contributed by atoms with E-state index in [1.54, 1.807) is 33.1 Å². The summed E-state index contributed by atoms with van der Waals surface area (Å²) in [7, 11) is -0.636. The summed E-state index contributed by atoms with van der Waals surface area (Å²) < 4.78 is 43.0. The molecule has 1 aromatic carbocycles. The first-order valence-corrected chi connectivity index (χ1v) is 10.8. The van der Waals surface area contributed by atoms with E-state index < -0.39 is 21.6 Å². The van der Waals surface area contributed by atoms with Gasteiger partial charge in [-0.15, -0.1) is 0 Å². The van der Waals surface area contributed by atoms with E-state index in [-0.39, 0.29) is 24.7 Å². The number of ether oxygens (including phenoxy) is 3. The molecule has 0 unspecified atom stereocenters. The van der Waals surface area contributed by atoms with Crippen molar-refractivity contribution in [3.05, 3.63) is 23.3 Å². The van der Waals surface area contributed by atoms with E-state index in [9.17, 15) is 13.2 Å². The van der Waals surface area contributed by atoms with Crippen molar-refractivity contribution in [2.45, 2.75) is 51.0 Å². The van der Waals surface area contributed by atoms with Gasteiger partial charge in [-0.2, -0.15) is 4.31 Å². The van der Waals surface area contributed by atoms with Gasteiger partial charge in [0.25, 0.3) is 0 Å². The van der Waals surface area contributed by atoms with Gasteiger partial charge in [0.05, 0.1) is 18.6 Å². The Bertz CT molecular complexity index is 791. The predicted molar refractivity (Wildman–Crippen MR) is 106 cm³/mol. The molecule has 0 aliphatic heterocycles. The molecule has 2 rings (SSSR count). The Morgan fingerprint density at radius 2 is 1.79 bits per heavy atom. The highest BCUT2D eigenvalue weighted by Crippen LogP contribution is 2.41. The minimum atomic E-state index is -3.68. The van der Waals surface area contributed by atoms with E-state index in [0.29, 0.717) is 22.8 Å². The second kappa shape index (κ2) is 8.80. The topological polar surface area (TPSA) is 82.1 Å². The lowest BCUT2D eigenvalue weighted by Gasteiger charge is -2.25. The third-order valence-corrected chi connectivity index (χ3v) is 7.21. The Hall–Kier alpha value is -1.64. The number of rotatable bonds is 10. The van der Waals surface area contributed by atoms with E-state index in [0.717, 1.165) is 12.8 Å². The number of benzene rings is 1. The first kappa shape index (κ1) is 22.6. The second-order valence-electron chi connectivity index (χ2n) is 7.82. The Morgan fingerprint density at radius 3 is 2.29 bits per heavy atom. The number of hydrogen-bond acceptors (Lipinski definition) is 6. The van der Waals surface area contributed by atoms with Crippen molar-refractivity contribution >= 4 is 16.0 Å². The van der Waals surface area contributed by atoms with Crippen LogP contribution in [0.1, 0.15) is 37.8 Å². The zero-order valence-corrected chi connectivity index (χ0v) is 18.4. The molecule has 0 N–H and O–H groups in total. The molecule has 1 saturated carbocycles. The lowest BCUT2D eigenvalue weighted by molar-refractivity contribution is -0.163. The molecule has 0 spiro atoms. The molecule has 28 heavy (non-hydrogen) atoms. The van der Waals surface area contributed by atoms with Crippen LogP contribution in [-0.4, -0.2) is 58.2 Å². The monoisotopic (exact) mass is 413 g/mol. The molecule has 0 aromatic heterocycles. The molecule has 1 aliphatic rings. The summed E-state index contributed by atoms with van der Waals surface area (Å²) in [5, 5.41) is 0. The second-order valence-corrected chi connectivity index (χ2v) is 9.80. The lowest BCUT2D eigenvalue weighted by atomic mass is 10.0. The summed E-state index contributed by atoms with van der Waals surface area (Å²) in [4.78, 5) is 12.2. The fourth-order valence-corrected chi connectivity index (χ4v) is 4.80. The summed E-state index contributed by atoms with van der Waals surface area (Å²) in [6, 6.07) is 3.39. The van der Waals surface area contributed by atoms with Crippen LogP contribution in [0.2, 0.25) is 0 Å². The van der Waals surface area contributed by atoms with Crippen LogP contribution in [0, 0.1) is 19.8 Å². The fraction of sp³-hybridized carbons (Fsp3) is 0.650. The number of hydrogen-bond donors (Lipinski definition) is 0. The molecule has 0 atom stereocenters. The van der Waals surface area contributed by atoms with Crippen molar-refractivity contribution in [1.82, 2.24) is 4.31 Å². The largest absolute Gasteiger partial charge is 0.497 e. The summed E-state index contributed by atoms with van der Waals surface area (Å²) in [6.45, 7) is 7.33. The van der Waals surface area contributed by atoms with Crippen molar-refractivity contribution in [1.29, 1.82) is 0 Å². The Morgan fingerprint density at radius 1 is 1.21 bits per heavy atom. The highest BCUT2D eigenvalue weighted by atomic mass is 32.2. The van der Waals surface area contributed by atoms with E-state index in [1.165, 1.54) is 11.4 Å². The van der Waals surface area contributed by atoms with Crippen molar-refractivity contribution < 1.29 is 27.4 Å². The Kier molecular flexibility index (Phi) is 7.12. The van der Waals surface area contributed by atoms with Crippen LogP contribution in [0.25, 0.3) is 0 Å². The molecule has 0 amide bonds. The van der Waals surface area contributed by atoms with Gasteiger partial charge in [0, 0.05) is 13.6 Å². The summed E-state index contributed by atoms with van der Waals surface area (Å²) in [5.74, 6) is 0.612. The van der Waals surface area contributed by atoms with Gasteiger partial charge in [-0.05, 0) is 69.7 Å². The summed E-state index contributed by atoms with van der Waals surface area (Å²) >= 11 is 0. The zero-order chi connectivity index (χ0) is 21.1. The van der Waals surface area contributed by atoms with Gasteiger partial charge >= 0.3 is 5.97 Å². The van der Waals surface area contributed by atoms with Crippen molar-refractivity contribution in [3.8, 4) is 5.75 Å². The third kappa shape index (κ3) is 5.46. The maximum atomic E-state index is 12.9. The number of likely N-dealkylation sites (N-methyl/N-ethyl adjacent to an activating group) is 1. The van der Waals surface area contributed by atoms with Gasteiger partial charge in [-0.3, -0.25) is 0 Å². The number of methoxy groups -OCH3 is 1. The van der Waals surface area contributed by atoms with E-state index in [4.69, 9.17) is 14.2 Å². The van der Waals surface area contributed by atoms with Gasteiger partial charge in [-0.25, -0.2) is 13.2 Å². The number of carbonyl (C=O) groups excluding carboxylic acids is 1. The smallest absolute Gasteiger partial charge is 0.332 e. The molecule has 1 aliphatic carbocycles. The molecule has 1 aromatic rings. The zero-order valence-electron chi connectivity index (χ0n) is 17.6. The van der Waals surface area contributed by atoms with Gasteiger partial charge in [0.1, 0.15) is 18.0 Å². The standard InChI is InChI=1S/C20H31NO6S/c1-14-11-17(25-6)12-15(2)19(14)28(23,24)21(5)9-10-26-13-18(22)27-20(3,4)16-7-8-16/h11-12,16H,7-10,13H2,1-6H3. The normalized spacial score (nSPS) is 15.0. The molecule has 7 nitrogen and oxygen atoms in total. The predicted octanol–water partition coefficient (Wildman–Crippen LogP) is 2.68. The van der Waals surface area contributed by atoms with Crippen LogP contribution in [0.4, 0.5) is 0 Å². The van der Waals surface area contributed by atoms with Crippen molar-refractivity contribution in [3.63, 3.8) is 0 Å². The highest BCUT2D eigenvalue weighted by molar-refractivity contribution is 7.89. The first-order chi connectivity index (χ1) is 13.0. The number of esters is 1. The van der Waals surface area contributed by atoms with Gasteiger partial charge < -0.3 is 14.2 Å². The maximum absolute atomic E-state index is 12.9. The van der Waals surface area contributed by atoms with E-state index in [1.807, 2.05) is 13.8 Å². The minimum Gasteiger partial charge on any atom is -0.497 e. The molecular weight excluding hydrogens is 382 g/mol. The molecule has 0 bridgehead atoms. The molecule has 8 heteroatoms. The van der Waals surface area contributed by atoms with Crippen LogP contribution in [-0.2, 0) is 24.3 Å². The Labute approximate surface area is 168 Å². The molecular formula is C20H31NO6S. The molecule has 0 radical (unpaired) electrons. The molecule has 0 heterocycles. The van der Waals surface area contributed by atoms with Crippen LogP contribution >= 0.6 is 0 Å². The minimum absolute atomic E-state index is 0.100. The van der Waals surface area contributed by atoms with E-state index >= 15 is 0 Å². The highest BCUT2D eigenvalue weighted by Gasteiger charge is 2.40. The van der Waals surface area contributed by atoms with Crippen LogP contribution in [0.15, 0.2) is 17.0 Å². The van der Waals surface area contributed by atoms with Gasteiger partial charge in [0.15, 0.2) is 0 Å². The quantitative estimate of drug-likeness (QED) is 0.433. The molecule has 0 saturated heterocycles. The van der Waals surface area contributed by atoms with Crippen LogP contribution in [0.3, 0.4) is 0 Å². The average Bonchev–Trinajstić information content (AvgIpc) is 3.42. The van der Waals surface area contributed by atoms with Crippen LogP contribution < -0.4 is 4.74 Å². The number of carbonyl (C=O) groups is 1. The summed E-state index contributed by atoms with van der Waals surface area (Å²) in [5.41, 5.74) is 0.773. The fourth-order valence-electron chi connectivity index (χ4n) is 3.24. The van der Waals surface area contributed by atoms with Gasteiger partial charge in [-0.1, -0.05) is 0 Å². The number of sulfonamides is 1. The first-order valence-electron chi connectivity index (χ1n) is 9.40. The molecule has 158 valence electrons. The summed E-state index contributed by atoms with van der Waals surface area (Å²) in [6.07, 6.45) is 2.15. The SMILES string of the molecule is COc1cc(C)c(S(=O)(=O)N(C)CCOCC(=O)OC(C)(C)C2CC2)c(C)c1. The van der Waals surface area contributed by atoms with Gasteiger partial charge in [0.2, 0.25) is 10.0 Å². The van der Waals surface area contributed by atoms with Crippen molar-refractivity contribution in [2.24, 2.45) is 5.92 Å². The average molecular weight is 414 g/mol. The lowest BCUT2D eigenvalue weighted by Crippen LogP contribution is -2.34. The van der Waals surface area contributed by atoms with Crippen LogP contribution in [0.5, 0.6) is 5.75 Å².